The Morgan fingerprint density at radius 1 is 1.40 bits per heavy atom. The molecule has 128 valence electrons. The number of rotatable bonds is 4. The van der Waals surface area contributed by atoms with E-state index in [0.717, 1.165) is 21.8 Å². The van der Waals surface area contributed by atoms with Crippen molar-refractivity contribution in [2.24, 2.45) is 5.92 Å². The first-order valence-corrected chi connectivity index (χ1v) is 9.48. The first-order valence-electron chi connectivity index (χ1n) is 7.46. The van der Waals surface area contributed by atoms with Gasteiger partial charge in [-0.25, -0.2) is 0 Å². The number of aliphatic carboxylic acids is 1. The monoisotopic (exact) mass is 436 g/mol. The van der Waals surface area contributed by atoms with Crippen LogP contribution in [0.1, 0.15) is 18.6 Å². The van der Waals surface area contributed by atoms with Crippen LogP contribution >= 0.6 is 39.9 Å². The second-order valence-corrected chi connectivity index (χ2v) is 8.26. The lowest BCUT2D eigenvalue weighted by Gasteiger charge is -2.21. The fourth-order valence-corrected chi connectivity index (χ4v) is 4.25. The number of benzene rings is 1. The lowest BCUT2D eigenvalue weighted by molar-refractivity contribution is -0.137. The predicted molar refractivity (Wildman–Crippen MR) is 105 cm³/mol. The molecule has 1 aromatic carbocycles. The standard InChI is InChI=1S/C18H13BrO4S2/c19-12-3-1-2-10(6-12)15-5-4-13(23-15)9-16-14(20)7-11(8-17(21)22)18(24)25-16/h1-6,9,11H,7-8H2,(H,21,22)/b16-9+/t11-/m1/s1. The Kier molecular flexibility index (Phi) is 5.56. The van der Waals surface area contributed by atoms with Crippen molar-refractivity contribution in [2.45, 2.75) is 12.8 Å². The van der Waals surface area contributed by atoms with Gasteiger partial charge in [0.1, 0.15) is 11.5 Å². The molecule has 0 spiro atoms. The fraction of sp³-hybridized carbons (Fsp3) is 0.167. The second-order valence-electron chi connectivity index (χ2n) is 5.56. The van der Waals surface area contributed by atoms with Crippen LogP contribution in [-0.4, -0.2) is 21.1 Å². The minimum atomic E-state index is -0.946. The van der Waals surface area contributed by atoms with Crippen molar-refractivity contribution in [3.05, 3.63) is 51.5 Å². The van der Waals surface area contributed by atoms with Crippen molar-refractivity contribution in [3.63, 3.8) is 0 Å². The minimum Gasteiger partial charge on any atom is -0.481 e. The van der Waals surface area contributed by atoms with Crippen LogP contribution in [0.25, 0.3) is 17.4 Å². The van der Waals surface area contributed by atoms with Gasteiger partial charge in [0.05, 0.1) is 15.5 Å². The van der Waals surface area contributed by atoms with E-state index in [1.807, 2.05) is 30.3 Å². The predicted octanol–water partition coefficient (Wildman–Crippen LogP) is 5.17. The van der Waals surface area contributed by atoms with Crippen molar-refractivity contribution < 1.29 is 19.1 Å². The maximum atomic E-state index is 12.3. The van der Waals surface area contributed by atoms with Crippen molar-refractivity contribution in [3.8, 4) is 11.3 Å². The molecule has 2 aromatic rings. The Labute approximate surface area is 162 Å². The molecule has 3 rings (SSSR count). The van der Waals surface area contributed by atoms with Crippen LogP contribution in [-0.2, 0) is 9.59 Å². The van der Waals surface area contributed by atoms with Crippen molar-refractivity contribution in [2.75, 3.05) is 0 Å². The summed E-state index contributed by atoms with van der Waals surface area (Å²) in [7, 11) is 0. The molecule has 0 amide bonds. The molecular weight excluding hydrogens is 424 g/mol. The fourth-order valence-electron chi connectivity index (χ4n) is 2.49. The molecule has 0 radical (unpaired) electrons. The number of carbonyl (C=O) groups is 2. The molecule has 4 nitrogen and oxygen atoms in total. The number of allylic oxidation sites excluding steroid dienone is 1. The first-order chi connectivity index (χ1) is 11.9. The van der Waals surface area contributed by atoms with Crippen LogP contribution in [0.4, 0.5) is 0 Å². The smallest absolute Gasteiger partial charge is 0.304 e. The third kappa shape index (κ3) is 4.48. The van der Waals surface area contributed by atoms with E-state index in [0.29, 0.717) is 20.6 Å². The third-order valence-corrected chi connectivity index (χ3v) is 5.86. The van der Waals surface area contributed by atoms with E-state index in [4.69, 9.17) is 21.7 Å². The summed E-state index contributed by atoms with van der Waals surface area (Å²) >= 11 is 9.84. The SMILES string of the molecule is O=C(O)C[C@H]1CC(=O)/C(=C\c2ccc(-c3cccc(Br)c3)o2)SC1=S. The van der Waals surface area contributed by atoms with Crippen molar-refractivity contribution in [1.29, 1.82) is 0 Å². The first kappa shape index (κ1) is 18.1. The lowest BCUT2D eigenvalue weighted by atomic mass is 9.99. The third-order valence-electron chi connectivity index (χ3n) is 3.68. The Morgan fingerprint density at radius 3 is 2.92 bits per heavy atom. The lowest BCUT2D eigenvalue weighted by Crippen LogP contribution is -2.24. The zero-order valence-electron chi connectivity index (χ0n) is 12.9. The number of halogens is 1. The van der Waals surface area contributed by atoms with E-state index in [1.165, 1.54) is 0 Å². The quantitative estimate of drug-likeness (QED) is 0.526. The topological polar surface area (TPSA) is 67.5 Å². The zero-order valence-corrected chi connectivity index (χ0v) is 16.1. The van der Waals surface area contributed by atoms with Crippen LogP contribution in [0, 0.1) is 5.92 Å². The molecule has 1 aliphatic heterocycles. The maximum absolute atomic E-state index is 12.3. The van der Waals surface area contributed by atoms with Crippen LogP contribution in [0.5, 0.6) is 0 Å². The van der Waals surface area contributed by atoms with E-state index in [1.54, 1.807) is 12.1 Å². The number of hydrogen-bond donors (Lipinski definition) is 1. The number of hydrogen-bond acceptors (Lipinski definition) is 5. The van der Waals surface area contributed by atoms with Gasteiger partial charge in [0.25, 0.3) is 0 Å². The average Bonchev–Trinajstić information content (AvgIpc) is 3.00. The Bertz CT molecular complexity index is 885. The number of carbonyl (C=O) groups excluding carboxylic acids is 1. The Hall–Kier alpha value is -1.70. The van der Waals surface area contributed by atoms with Gasteiger partial charge in [-0.1, -0.05) is 52.0 Å². The van der Waals surface area contributed by atoms with Crippen LogP contribution in [0.2, 0.25) is 0 Å². The number of Topliss-reactive ketones (excluding diaryl/α,β-unsaturated/α-hetero) is 1. The molecule has 7 heteroatoms. The molecule has 0 aliphatic carbocycles. The summed E-state index contributed by atoms with van der Waals surface area (Å²) in [5.74, 6) is -0.183. The maximum Gasteiger partial charge on any atom is 0.304 e. The minimum absolute atomic E-state index is 0.106. The summed E-state index contributed by atoms with van der Waals surface area (Å²) in [5.41, 5.74) is 0.929. The number of thiocarbonyl (C=S) groups is 1. The largest absolute Gasteiger partial charge is 0.481 e. The summed E-state index contributed by atoms with van der Waals surface area (Å²) in [5, 5.41) is 8.89. The van der Waals surface area contributed by atoms with E-state index in [9.17, 15) is 9.59 Å². The highest BCUT2D eigenvalue weighted by atomic mass is 79.9. The number of furan rings is 1. The summed E-state index contributed by atoms with van der Waals surface area (Å²) in [6.07, 6.45) is 1.68. The summed E-state index contributed by atoms with van der Waals surface area (Å²) in [6, 6.07) is 11.4. The number of carboxylic acids is 1. The van der Waals surface area contributed by atoms with Crippen molar-refractivity contribution >= 4 is 61.9 Å². The van der Waals surface area contributed by atoms with E-state index < -0.39 is 11.9 Å². The second kappa shape index (κ2) is 7.68. The van der Waals surface area contributed by atoms with E-state index in [2.05, 4.69) is 15.9 Å². The molecule has 0 unspecified atom stereocenters. The summed E-state index contributed by atoms with van der Waals surface area (Å²) in [6.45, 7) is 0. The molecule has 1 fully saturated rings. The summed E-state index contributed by atoms with van der Waals surface area (Å²) in [4.78, 5) is 23.6. The highest BCUT2D eigenvalue weighted by Gasteiger charge is 2.30. The van der Waals surface area contributed by atoms with Gasteiger partial charge >= 0.3 is 5.97 Å². The zero-order chi connectivity index (χ0) is 18.0. The van der Waals surface area contributed by atoms with Gasteiger partial charge in [-0.2, -0.15) is 0 Å². The highest BCUT2D eigenvalue weighted by Crippen LogP contribution is 2.36. The number of ketones is 1. The molecular formula is C18H13BrO4S2. The number of thioether (sulfide) groups is 1. The number of carboxylic acid groups (broad SMARTS) is 1. The summed E-state index contributed by atoms with van der Waals surface area (Å²) < 4.78 is 7.29. The van der Waals surface area contributed by atoms with Gasteiger partial charge in [0.15, 0.2) is 5.78 Å². The molecule has 1 atom stereocenters. The molecule has 0 saturated carbocycles. The molecule has 2 heterocycles. The van der Waals surface area contributed by atoms with Gasteiger partial charge in [-0.3, -0.25) is 9.59 Å². The Morgan fingerprint density at radius 2 is 2.20 bits per heavy atom. The van der Waals surface area contributed by atoms with Gasteiger partial charge in [0, 0.05) is 22.4 Å². The molecule has 1 N–H and O–H groups in total. The van der Waals surface area contributed by atoms with Crippen molar-refractivity contribution in [1.82, 2.24) is 0 Å². The van der Waals surface area contributed by atoms with Gasteiger partial charge in [-0.05, 0) is 30.3 Å². The van der Waals surface area contributed by atoms with Crippen LogP contribution in [0.15, 0.2) is 50.2 Å². The van der Waals surface area contributed by atoms with Crippen LogP contribution in [0.3, 0.4) is 0 Å². The van der Waals surface area contributed by atoms with Gasteiger partial charge in [0.2, 0.25) is 0 Å². The molecule has 1 saturated heterocycles. The molecule has 25 heavy (non-hydrogen) atoms. The van der Waals surface area contributed by atoms with E-state index in [-0.39, 0.29) is 18.6 Å². The molecule has 1 aliphatic rings. The van der Waals surface area contributed by atoms with Gasteiger partial charge in [-0.15, -0.1) is 0 Å². The normalized spacial score (nSPS) is 19.4. The highest BCUT2D eigenvalue weighted by molar-refractivity contribution is 9.10. The molecule has 0 bridgehead atoms. The van der Waals surface area contributed by atoms with E-state index >= 15 is 0 Å². The van der Waals surface area contributed by atoms with Crippen LogP contribution < -0.4 is 0 Å². The average molecular weight is 437 g/mol. The van der Waals surface area contributed by atoms with Gasteiger partial charge < -0.3 is 9.52 Å². The Balaban J connectivity index is 1.79. The molecule has 1 aromatic heterocycles.